The zero-order valence-corrected chi connectivity index (χ0v) is 8.48. The van der Waals surface area contributed by atoms with Gasteiger partial charge in [0.15, 0.2) is 0 Å². The van der Waals surface area contributed by atoms with Gasteiger partial charge in [-0.3, -0.25) is 0 Å². The number of hydrogen-bond acceptors (Lipinski definition) is 1. The Hall–Kier alpha value is -1.08. The molecule has 0 bridgehead atoms. The standard InChI is InChI=1S/C13H16O/c1-2-12-11(9-13(12)14)8-10-6-4-3-5-7-10/h3-8,12-14H,2,9H2,1H3/b11-8-. The average molecular weight is 188 g/mol. The second-order valence-corrected chi connectivity index (χ2v) is 3.92. The van der Waals surface area contributed by atoms with Gasteiger partial charge in [0.1, 0.15) is 0 Å². The number of hydrogen-bond donors (Lipinski definition) is 1. The van der Waals surface area contributed by atoms with E-state index in [0.717, 1.165) is 12.8 Å². The van der Waals surface area contributed by atoms with E-state index in [4.69, 9.17) is 0 Å². The van der Waals surface area contributed by atoms with Crippen molar-refractivity contribution in [3.05, 3.63) is 41.5 Å². The van der Waals surface area contributed by atoms with E-state index in [0.29, 0.717) is 5.92 Å². The van der Waals surface area contributed by atoms with Crippen molar-refractivity contribution in [1.82, 2.24) is 0 Å². The smallest absolute Gasteiger partial charge is 0.0642 e. The Morgan fingerprint density at radius 3 is 2.64 bits per heavy atom. The summed E-state index contributed by atoms with van der Waals surface area (Å²) < 4.78 is 0. The lowest BCUT2D eigenvalue weighted by Gasteiger charge is -2.35. The van der Waals surface area contributed by atoms with Crippen LogP contribution in [0.2, 0.25) is 0 Å². The molecular weight excluding hydrogens is 172 g/mol. The first-order chi connectivity index (χ1) is 6.81. The SMILES string of the molecule is CCC1/C(=C\c2ccccc2)CC1O. The maximum atomic E-state index is 9.52. The van der Waals surface area contributed by atoms with Gasteiger partial charge in [-0.1, -0.05) is 48.9 Å². The van der Waals surface area contributed by atoms with Crippen LogP contribution < -0.4 is 0 Å². The molecule has 1 aromatic rings. The number of aliphatic hydroxyl groups is 1. The molecule has 0 saturated heterocycles. The van der Waals surface area contributed by atoms with Crippen molar-refractivity contribution < 1.29 is 5.11 Å². The lowest BCUT2D eigenvalue weighted by molar-refractivity contribution is 0.0736. The zero-order valence-electron chi connectivity index (χ0n) is 8.48. The molecule has 0 aromatic heterocycles. The van der Waals surface area contributed by atoms with Gasteiger partial charge in [-0.2, -0.15) is 0 Å². The molecule has 2 atom stereocenters. The molecule has 1 aromatic carbocycles. The minimum absolute atomic E-state index is 0.102. The third kappa shape index (κ3) is 1.73. The van der Waals surface area contributed by atoms with Gasteiger partial charge in [-0.25, -0.2) is 0 Å². The highest BCUT2D eigenvalue weighted by Crippen LogP contribution is 2.37. The van der Waals surface area contributed by atoms with Crippen LogP contribution in [0.4, 0.5) is 0 Å². The first-order valence-corrected chi connectivity index (χ1v) is 5.25. The van der Waals surface area contributed by atoms with Gasteiger partial charge in [0.2, 0.25) is 0 Å². The quantitative estimate of drug-likeness (QED) is 0.756. The van der Waals surface area contributed by atoms with Crippen molar-refractivity contribution >= 4 is 6.08 Å². The van der Waals surface area contributed by atoms with E-state index in [1.54, 1.807) is 0 Å². The monoisotopic (exact) mass is 188 g/mol. The molecule has 1 fully saturated rings. The second kappa shape index (κ2) is 3.97. The van der Waals surface area contributed by atoms with E-state index in [1.165, 1.54) is 11.1 Å². The van der Waals surface area contributed by atoms with Crippen LogP contribution in [0.3, 0.4) is 0 Å². The molecule has 0 amide bonds. The van der Waals surface area contributed by atoms with Gasteiger partial charge in [0, 0.05) is 5.92 Å². The Morgan fingerprint density at radius 1 is 1.36 bits per heavy atom. The normalized spacial score (nSPS) is 28.9. The molecule has 2 unspecified atom stereocenters. The van der Waals surface area contributed by atoms with Crippen LogP contribution in [0.1, 0.15) is 25.3 Å². The molecule has 0 heterocycles. The van der Waals surface area contributed by atoms with Gasteiger partial charge >= 0.3 is 0 Å². The predicted octanol–water partition coefficient (Wildman–Crippen LogP) is 2.86. The van der Waals surface area contributed by atoms with Gasteiger partial charge < -0.3 is 5.11 Å². The van der Waals surface area contributed by atoms with Gasteiger partial charge in [0.25, 0.3) is 0 Å². The van der Waals surface area contributed by atoms with Crippen LogP contribution >= 0.6 is 0 Å². The highest BCUT2D eigenvalue weighted by molar-refractivity contribution is 5.55. The number of rotatable bonds is 2. The Bertz CT molecular complexity index is 326. The Labute approximate surface area is 85.1 Å². The van der Waals surface area contributed by atoms with Crippen molar-refractivity contribution in [3.8, 4) is 0 Å². The third-order valence-electron chi connectivity index (χ3n) is 2.98. The van der Waals surface area contributed by atoms with Crippen molar-refractivity contribution in [1.29, 1.82) is 0 Å². The summed E-state index contributed by atoms with van der Waals surface area (Å²) in [7, 11) is 0. The van der Waals surface area contributed by atoms with E-state index in [-0.39, 0.29) is 6.10 Å². The van der Waals surface area contributed by atoms with Gasteiger partial charge in [-0.05, 0) is 18.4 Å². The molecule has 0 radical (unpaired) electrons. The summed E-state index contributed by atoms with van der Waals surface area (Å²) in [6.07, 6.45) is 4.00. The minimum Gasteiger partial charge on any atom is -0.392 e. The van der Waals surface area contributed by atoms with Crippen LogP contribution in [-0.2, 0) is 0 Å². The van der Waals surface area contributed by atoms with Crippen LogP contribution in [-0.4, -0.2) is 11.2 Å². The molecule has 14 heavy (non-hydrogen) atoms. The van der Waals surface area contributed by atoms with Crippen molar-refractivity contribution in [3.63, 3.8) is 0 Å². The van der Waals surface area contributed by atoms with E-state index in [9.17, 15) is 5.11 Å². The summed E-state index contributed by atoms with van der Waals surface area (Å²) in [5.74, 6) is 0.398. The molecule has 1 aliphatic carbocycles. The Morgan fingerprint density at radius 2 is 2.07 bits per heavy atom. The van der Waals surface area contributed by atoms with Crippen LogP contribution in [0.25, 0.3) is 6.08 Å². The number of aliphatic hydroxyl groups excluding tert-OH is 1. The van der Waals surface area contributed by atoms with Crippen molar-refractivity contribution in [2.75, 3.05) is 0 Å². The molecule has 74 valence electrons. The summed E-state index contributed by atoms with van der Waals surface area (Å²) in [5, 5.41) is 9.52. The summed E-state index contributed by atoms with van der Waals surface area (Å²) >= 11 is 0. The molecule has 2 rings (SSSR count). The maximum Gasteiger partial charge on any atom is 0.0642 e. The largest absolute Gasteiger partial charge is 0.392 e. The number of benzene rings is 1. The fraction of sp³-hybridized carbons (Fsp3) is 0.385. The van der Waals surface area contributed by atoms with E-state index in [1.807, 2.05) is 18.2 Å². The molecule has 1 nitrogen and oxygen atoms in total. The second-order valence-electron chi connectivity index (χ2n) is 3.92. The van der Waals surface area contributed by atoms with E-state index in [2.05, 4.69) is 25.1 Å². The summed E-state index contributed by atoms with van der Waals surface area (Å²) in [6, 6.07) is 10.3. The lowest BCUT2D eigenvalue weighted by atomic mass is 9.74. The van der Waals surface area contributed by atoms with E-state index >= 15 is 0 Å². The Kier molecular flexibility index (Phi) is 2.69. The highest BCUT2D eigenvalue weighted by atomic mass is 16.3. The Balaban J connectivity index is 2.13. The summed E-state index contributed by atoms with van der Waals surface area (Å²) in [6.45, 7) is 2.13. The molecule has 1 N–H and O–H groups in total. The topological polar surface area (TPSA) is 20.2 Å². The maximum absolute atomic E-state index is 9.52. The minimum atomic E-state index is -0.102. The fourth-order valence-corrected chi connectivity index (χ4v) is 2.09. The average Bonchev–Trinajstić information content (AvgIpc) is 2.19. The first kappa shape index (κ1) is 9.47. The highest BCUT2D eigenvalue weighted by Gasteiger charge is 2.32. The summed E-state index contributed by atoms with van der Waals surface area (Å²) in [5.41, 5.74) is 2.64. The van der Waals surface area contributed by atoms with Gasteiger partial charge in [0.05, 0.1) is 6.10 Å². The molecule has 1 aliphatic rings. The molecule has 1 saturated carbocycles. The van der Waals surface area contributed by atoms with Crippen LogP contribution in [0.5, 0.6) is 0 Å². The molecule has 0 aliphatic heterocycles. The van der Waals surface area contributed by atoms with E-state index < -0.39 is 0 Å². The molecule has 0 spiro atoms. The van der Waals surface area contributed by atoms with Crippen molar-refractivity contribution in [2.24, 2.45) is 5.92 Å². The first-order valence-electron chi connectivity index (χ1n) is 5.25. The zero-order chi connectivity index (χ0) is 9.97. The lowest BCUT2D eigenvalue weighted by Crippen LogP contribution is -2.33. The summed E-state index contributed by atoms with van der Waals surface area (Å²) in [4.78, 5) is 0. The third-order valence-corrected chi connectivity index (χ3v) is 2.98. The predicted molar refractivity (Wildman–Crippen MR) is 58.8 cm³/mol. The van der Waals surface area contributed by atoms with Gasteiger partial charge in [-0.15, -0.1) is 0 Å². The van der Waals surface area contributed by atoms with Crippen LogP contribution in [0, 0.1) is 5.92 Å². The van der Waals surface area contributed by atoms with Crippen LogP contribution in [0.15, 0.2) is 35.9 Å². The molecule has 1 heteroatoms. The molecular formula is C13H16O. The fourth-order valence-electron chi connectivity index (χ4n) is 2.09. The van der Waals surface area contributed by atoms with Crippen molar-refractivity contribution in [2.45, 2.75) is 25.9 Å².